The Balaban J connectivity index is 1.90. The van der Waals surface area contributed by atoms with Crippen molar-refractivity contribution in [3.63, 3.8) is 0 Å². The molecule has 5 nitrogen and oxygen atoms in total. The van der Waals surface area contributed by atoms with E-state index in [1.54, 1.807) is 41.8 Å². The molecule has 2 N–H and O–H groups in total. The Kier molecular flexibility index (Phi) is 6.26. The summed E-state index contributed by atoms with van der Waals surface area (Å²) in [7, 11) is 0. The van der Waals surface area contributed by atoms with Crippen molar-refractivity contribution >= 4 is 35.1 Å². The molecular weight excluding hydrogens is 322 g/mol. The van der Waals surface area contributed by atoms with Gasteiger partial charge in [0.25, 0.3) is 5.91 Å². The second-order valence-corrected chi connectivity index (χ2v) is 6.84. The number of aryl methyl sites for hydroxylation is 1. The molecule has 2 rings (SSSR count). The first-order valence-electron chi connectivity index (χ1n) is 7.73. The standard InChI is InChI=1S/C18H21N3O2S/c1-12(2)10-17(22)20-15-6-4-14(5-7-15)18(23)21-19-11-16-13(3)8-9-24-16/h4-9,11-12H,10H2,1-3H3,(H,20,22)(H,21,23). The first kappa shape index (κ1) is 17.9. The van der Waals surface area contributed by atoms with Crippen molar-refractivity contribution in [1.82, 2.24) is 5.43 Å². The Morgan fingerprint density at radius 1 is 1.21 bits per heavy atom. The van der Waals surface area contributed by atoms with E-state index < -0.39 is 0 Å². The predicted molar refractivity (Wildman–Crippen MR) is 98.6 cm³/mol. The van der Waals surface area contributed by atoms with Crippen LogP contribution in [0, 0.1) is 12.8 Å². The fourth-order valence-electron chi connectivity index (χ4n) is 2.02. The van der Waals surface area contributed by atoms with Gasteiger partial charge in [0.05, 0.1) is 6.21 Å². The van der Waals surface area contributed by atoms with Crippen LogP contribution in [0.25, 0.3) is 0 Å². The molecule has 0 bridgehead atoms. The van der Waals surface area contributed by atoms with E-state index >= 15 is 0 Å². The number of benzene rings is 1. The molecule has 0 aliphatic heterocycles. The van der Waals surface area contributed by atoms with Gasteiger partial charge in [0.1, 0.15) is 0 Å². The quantitative estimate of drug-likeness (QED) is 0.618. The molecule has 6 heteroatoms. The molecule has 0 atom stereocenters. The first-order valence-corrected chi connectivity index (χ1v) is 8.61. The Morgan fingerprint density at radius 3 is 2.50 bits per heavy atom. The van der Waals surface area contributed by atoms with E-state index in [0.29, 0.717) is 23.6 Å². The van der Waals surface area contributed by atoms with E-state index in [4.69, 9.17) is 0 Å². The van der Waals surface area contributed by atoms with Crippen LogP contribution in [0.1, 0.15) is 41.1 Å². The number of carbonyl (C=O) groups is 2. The lowest BCUT2D eigenvalue weighted by Gasteiger charge is -2.07. The summed E-state index contributed by atoms with van der Waals surface area (Å²) in [4.78, 5) is 24.8. The summed E-state index contributed by atoms with van der Waals surface area (Å²) in [6, 6.07) is 8.74. The summed E-state index contributed by atoms with van der Waals surface area (Å²) in [5.41, 5.74) is 4.78. The van der Waals surface area contributed by atoms with Crippen LogP contribution in [0.3, 0.4) is 0 Å². The molecule has 0 aliphatic rings. The van der Waals surface area contributed by atoms with Gasteiger partial charge in [-0.2, -0.15) is 5.10 Å². The minimum absolute atomic E-state index is 0.0295. The van der Waals surface area contributed by atoms with Crippen LogP contribution in [0.15, 0.2) is 40.8 Å². The molecule has 0 saturated heterocycles. The van der Waals surface area contributed by atoms with E-state index in [1.807, 2.05) is 32.2 Å². The van der Waals surface area contributed by atoms with E-state index in [2.05, 4.69) is 15.8 Å². The highest BCUT2D eigenvalue weighted by atomic mass is 32.1. The fourth-order valence-corrected chi connectivity index (χ4v) is 2.80. The topological polar surface area (TPSA) is 70.6 Å². The van der Waals surface area contributed by atoms with Crippen molar-refractivity contribution in [1.29, 1.82) is 0 Å². The number of thiophene rings is 1. The van der Waals surface area contributed by atoms with Crippen LogP contribution in [-0.2, 0) is 4.79 Å². The zero-order valence-corrected chi connectivity index (χ0v) is 14.8. The maximum absolute atomic E-state index is 12.0. The van der Waals surface area contributed by atoms with Gasteiger partial charge in [0.2, 0.25) is 5.91 Å². The van der Waals surface area contributed by atoms with Gasteiger partial charge in [-0.1, -0.05) is 13.8 Å². The largest absolute Gasteiger partial charge is 0.326 e. The van der Waals surface area contributed by atoms with Gasteiger partial charge >= 0.3 is 0 Å². The average Bonchev–Trinajstić information content (AvgIpc) is 2.92. The highest BCUT2D eigenvalue weighted by Crippen LogP contribution is 2.13. The summed E-state index contributed by atoms with van der Waals surface area (Å²) >= 11 is 1.57. The zero-order valence-electron chi connectivity index (χ0n) is 14.0. The number of amides is 2. The molecule has 126 valence electrons. The molecule has 0 unspecified atom stereocenters. The van der Waals surface area contributed by atoms with E-state index in [0.717, 1.165) is 10.4 Å². The summed E-state index contributed by atoms with van der Waals surface area (Å²) in [6.45, 7) is 5.97. The summed E-state index contributed by atoms with van der Waals surface area (Å²) < 4.78 is 0. The molecule has 2 aromatic rings. The van der Waals surface area contributed by atoms with E-state index in [1.165, 1.54) is 0 Å². The smallest absolute Gasteiger partial charge is 0.271 e. The molecule has 0 spiro atoms. The van der Waals surface area contributed by atoms with E-state index in [-0.39, 0.29) is 11.8 Å². The highest BCUT2D eigenvalue weighted by Gasteiger charge is 2.07. The Hall–Kier alpha value is -2.47. The molecule has 1 aromatic carbocycles. The fraction of sp³-hybridized carbons (Fsp3) is 0.278. The third-order valence-electron chi connectivity index (χ3n) is 3.27. The minimum Gasteiger partial charge on any atom is -0.326 e. The Morgan fingerprint density at radius 2 is 1.92 bits per heavy atom. The van der Waals surface area contributed by atoms with Crippen molar-refractivity contribution in [2.75, 3.05) is 5.32 Å². The van der Waals surface area contributed by atoms with Crippen molar-refractivity contribution in [3.05, 3.63) is 51.7 Å². The molecule has 0 radical (unpaired) electrons. The second-order valence-electron chi connectivity index (χ2n) is 5.89. The van der Waals surface area contributed by atoms with Crippen LogP contribution in [0.4, 0.5) is 5.69 Å². The maximum Gasteiger partial charge on any atom is 0.271 e. The zero-order chi connectivity index (χ0) is 17.5. The van der Waals surface area contributed by atoms with Gasteiger partial charge < -0.3 is 5.32 Å². The number of nitrogens with zero attached hydrogens (tertiary/aromatic N) is 1. The van der Waals surface area contributed by atoms with Crippen molar-refractivity contribution < 1.29 is 9.59 Å². The van der Waals surface area contributed by atoms with Crippen molar-refractivity contribution in [3.8, 4) is 0 Å². The van der Waals surface area contributed by atoms with Crippen LogP contribution in [0.2, 0.25) is 0 Å². The lowest BCUT2D eigenvalue weighted by molar-refractivity contribution is -0.116. The summed E-state index contributed by atoms with van der Waals surface area (Å²) in [6.07, 6.45) is 2.11. The van der Waals surface area contributed by atoms with Gasteiger partial charge in [-0.3, -0.25) is 9.59 Å². The number of hydrazone groups is 1. The number of hydrogen-bond acceptors (Lipinski definition) is 4. The van der Waals surface area contributed by atoms with Gasteiger partial charge in [0, 0.05) is 22.5 Å². The van der Waals surface area contributed by atoms with Gasteiger partial charge in [-0.15, -0.1) is 11.3 Å². The normalized spacial score (nSPS) is 11.0. The van der Waals surface area contributed by atoms with Crippen molar-refractivity contribution in [2.24, 2.45) is 11.0 Å². The predicted octanol–water partition coefficient (Wildman–Crippen LogP) is 3.81. The number of hydrogen-bond donors (Lipinski definition) is 2. The van der Waals surface area contributed by atoms with Crippen LogP contribution < -0.4 is 10.7 Å². The molecule has 0 aliphatic carbocycles. The number of carbonyl (C=O) groups excluding carboxylic acids is 2. The molecule has 2 amide bonds. The summed E-state index contributed by atoms with van der Waals surface area (Å²) in [5.74, 6) is -0.0152. The number of rotatable bonds is 6. The SMILES string of the molecule is Cc1ccsc1C=NNC(=O)c1ccc(NC(=O)CC(C)C)cc1. The van der Waals surface area contributed by atoms with E-state index in [9.17, 15) is 9.59 Å². The lowest BCUT2D eigenvalue weighted by atomic mass is 10.1. The Labute approximate surface area is 145 Å². The van der Waals surface area contributed by atoms with Gasteiger partial charge in [-0.05, 0) is 54.1 Å². The third-order valence-corrected chi connectivity index (χ3v) is 4.23. The molecule has 0 fully saturated rings. The molecule has 1 heterocycles. The number of anilines is 1. The second kappa shape index (κ2) is 8.40. The van der Waals surface area contributed by atoms with Crippen LogP contribution in [0.5, 0.6) is 0 Å². The highest BCUT2D eigenvalue weighted by molar-refractivity contribution is 7.11. The lowest BCUT2D eigenvalue weighted by Crippen LogP contribution is -2.18. The maximum atomic E-state index is 12.0. The monoisotopic (exact) mass is 343 g/mol. The Bertz CT molecular complexity index is 733. The van der Waals surface area contributed by atoms with Gasteiger partial charge in [0.15, 0.2) is 0 Å². The average molecular weight is 343 g/mol. The molecule has 0 saturated carbocycles. The summed E-state index contributed by atoms with van der Waals surface area (Å²) in [5, 5.41) is 8.76. The van der Waals surface area contributed by atoms with Crippen molar-refractivity contribution in [2.45, 2.75) is 27.2 Å². The molecular formula is C18H21N3O2S. The molecule has 24 heavy (non-hydrogen) atoms. The molecule has 1 aromatic heterocycles. The van der Waals surface area contributed by atoms with Gasteiger partial charge in [-0.25, -0.2) is 5.43 Å². The first-order chi connectivity index (χ1) is 11.5. The third kappa shape index (κ3) is 5.31. The van der Waals surface area contributed by atoms with Crippen LogP contribution >= 0.6 is 11.3 Å². The van der Waals surface area contributed by atoms with Crippen LogP contribution in [-0.4, -0.2) is 18.0 Å². The number of nitrogens with one attached hydrogen (secondary N) is 2. The minimum atomic E-state index is -0.291.